The van der Waals surface area contributed by atoms with Gasteiger partial charge in [-0.2, -0.15) is 26.3 Å². The van der Waals surface area contributed by atoms with Crippen LogP contribution in [0.1, 0.15) is 63.6 Å². The number of hydrogen-bond donors (Lipinski definition) is 3. The Morgan fingerprint density at radius 3 is 1.87 bits per heavy atom. The molecule has 4 atom stereocenters. The summed E-state index contributed by atoms with van der Waals surface area (Å²) in [5.41, 5.74) is -2.31. The molecule has 0 radical (unpaired) electrons. The maximum absolute atomic E-state index is 14.3. The van der Waals surface area contributed by atoms with E-state index in [1.54, 1.807) is 24.3 Å². The van der Waals surface area contributed by atoms with Gasteiger partial charge in [0.15, 0.2) is 0 Å². The van der Waals surface area contributed by atoms with Crippen LogP contribution in [0.5, 0.6) is 5.75 Å². The first kappa shape index (κ1) is 44.5. The number of phenols is 1. The molecule has 7 nitrogen and oxygen atoms in total. The van der Waals surface area contributed by atoms with Crippen molar-refractivity contribution >= 4 is 42.3 Å². The molecule has 0 saturated carbocycles. The zero-order chi connectivity index (χ0) is 43.8. The number of amides is 2. The number of para-hydroxylation sites is 1. The lowest BCUT2D eigenvalue weighted by atomic mass is 9.68. The Morgan fingerprint density at radius 1 is 0.833 bits per heavy atom. The highest BCUT2D eigenvalue weighted by atomic mass is 28.4. The van der Waals surface area contributed by atoms with Gasteiger partial charge in [0.25, 0.3) is 8.32 Å². The molecule has 0 spiro atoms. The number of allylic oxidation sites excluding steroid dienone is 1. The Labute approximate surface area is 345 Å². The molecule has 2 amide bonds. The van der Waals surface area contributed by atoms with Crippen LogP contribution in [0.25, 0.3) is 6.08 Å². The molecule has 60 heavy (non-hydrogen) atoms. The van der Waals surface area contributed by atoms with Gasteiger partial charge in [-0.3, -0.25) is 9.59 Å². The maximum Gasteiger partial charge on any atom is 0.416 e. The lowest BCUT2D eigenvalue weighted by Gasteiger charge is -2.44. The predicted octanol–water partition coefficient (Wildman–Crippen LogP) is 8.67. The SMILES string of the molecule is C/C(=C\c1ccccc1O)CC[C@@H](O)C1=C(CO[Si](c2ccccc2)(c2ccccc2)C(C)(C)C)C[C@H]2C(=O)N(c3cc(C(F)(F)F)cc(C(F)(F)F)c3)C(=O)[C@H]2[C@H]1CO. The Bertz CT molecular complexity index is 2200. The Balaban J connectivity index is 1.46. The first-order valence-electron chi connectivity index (χ1n) is 19.6. The first-order valence-corrected chi connectivity index (χ1v) is 21.5. The fraction of sp³-hybridized carbons (Fsp3) is 0.348. The summed E-state index contributed by atoms with van der Waals surface area (Å²) in [6.45, 7) is 7.02. The molecule has 1 aliphatic carbocycles. The van der Waals surface area contributed by atoms with Crippen molar-refractivity contribution in [2.75, 3.05) is 18.1 Å². The molecule has 1 fully saturated rings. The Kier molecular flexibility index (Phi) is 12.7. The quantitative estimate of drug-likeness (QED) is 0.0571. The normalized spacial score (nSPS) is 19.8. The van der Waals surface area contributed by atoms with Gasteiger partial charge in [-0.05, 0) is 77.0 Å². The number of imide groups is 1. The summed E-state index contributed by atoms with van der Waals surface area (Å²) < 4.78 is 90.9. The van der Waals surface area contributed by atoms with Crippen LogP contribution < -0.4 is 15.3 Å². The number of halogens is 6. The number of alkyl halides is 6. The molecule has 2 aliphatic rings. The number of benzene rings is 4. The lowest BCUT2D eigenvalue weighted by Crippen LogP contribution is -2.66. The first-order chi connectivity index (χ1) is 28.2. The number of aliphatic hydroxyl groups is 2. The van der Waals surface area contributed by atoms with Gasteiger partial charge in [-0.15, -0.1) is 0 Å². The summed E-state index contributed by atoms with van der Waals surface area (Å²) in [6.07, 6.45) is -9.91. The van der Waals surface area contributed by atoms with Crippen LogP contribution in [-0.2, 0) is 26.4 Å². The predicted molar refractivity (Wildman–Crippen MR) is 219 cm³/mol. The molecule has 14 heteroatoms. The summed E-state index contributed by atoms with van der Waals surface area (Å²) in [4.78, 5) is 29.0. The fourth-order valence-electron chi connectivity index (χ4n) is 8.84. The highest BCUT2D eigenvalue weighted by molar-refractivity contribution is 6.99. The van der Waals surface area contributed by atoms with Crippen LogP contribution in [0, 0.1) is 17.8 Å². The molecule has 0 aromatic heterocycles. The minimum absolute atomic E-state index is 0.0543. The number of fused-ring (bicyclic) bond motifs is 1. The molecule has 4 aromatic carbocycles. The highest BCUT2D eigenvalue weighted by Crippen LogP contribution is 2.49. The molecule has 318 valence electrons. The van der Waals surface area contributed by atoms with Crippen molar-refractivity contribution < 1.29 is 55.7 Å². The molecule has 1 saturated heterocycles. The van der Waals surface area contributed by atoms with Crippen LogP contribution in [0.15, 0.2) is 120 Å². The van der Waals surface area contributed by atoms with Gasteiger partial charge in [0.05, 0.1) is 48.0 Å². The summed E-state index contributed by atoms with van der Waals surface area (Å²) in [5.74, 6) is -6.00. The minimum atomic E-state index is -5.24. The van der Waals surface area contributed by atoms with Crippen molar-refractivity contribution in [3.8, 4) is 5.75 Å². The second-order valence-corrected chi connectivity index (χ2v) is 20.8. The van der Waals surface area contributed by atoms with Crippen LogP contribution >= 0.6 is 0 Å². The van der Waals surface area contributed by atoms with E-state index in [1.165, 1.54) is 6.07 Å². The molecular weight excluding hydrogens is 805 g/mol. The summed E-state index contributed by atoms with van der Waals surface area (Å²) >= 11 is 0. The number of carbonyl (C=O) groups is 2. The molecule has 1 heterocycles. The van der Waals surface area contributed by atoms with E-state index in [-0.39, 0.29) is 43.3 Å². The number of anilines is 1. The van der Waals surface area contributed by atoms with E-state index >= 15 is 0 Å². The van der Waals surface area contributed by atoms with Crippen molar-refractivity contribution in [1.82, 2.24) is 0 Å². The fourth-order valence-corrected chi connectivity index (χ4v) is 13.4. The average Bonchev–Trinajstić information content (AvgIpc) is 3.45. The number of phenolic OH excluding ortho intramolecular Hbond substituents is 1. The van der Waals surface area contributed by atoms with Gasteiger partial charge in [0, 0.05) is 11.5 Å². The Hall–Kier alpha value is -5.02. The van der Waals surface area contributed by atoms with Crippen molar-refractivity contribution in [3.05, 3.63) is 137 Å². The van der Waals surface area contributed by atoms with Crippen LogP contribution in [-0.4, -0.2) is 54.8 Å². The van der Waals surface area contributed by atoms with Crippen LogP contribution in [0.3, 0.4) is 0 Å². The summed E-state index contributed by atoms with van der Waals surface area (Å²) in [6, 6.07) is 26.6. The third-order valence-corrected chi connectivity index (χ3v) is 16.6. The number of nitrogens with zero attached hydrogens (tertiary/aromatic N) is 1. The van der Waals surface area contributed by atoms with E-state index in [1.807, 2.05) is 67.6 Å². The van der Waals surface area contributed by atoms with Gasteiger partial charge in [-0.25, -0.2) is 4.90 Å². The minimum Gasteiger partial charge on any atom is -0.507 e. The van der Waals surface area contributed by atoms with Crippen molar-refractivity contribution in [2.24, 2.45) is 17.8 Å². The second kappa shape index (κ2) is 17.2. The largest absolute Gasteiger partial charge is 0.507 e. The smallest absolute Gasteiger partial charge is 0.416 e. The molecule has 1 aliphatic heterocycles. The maximum atomic E-state index is 14.3. The third-order valence-electron chi connectivity index (χ3n) is 11.6. The van der Waals surface area contributed by atoms with Crippen LogP contribution in [0.4, 0.5) is 32.0 Å². The molecule has 3 N–H and O–H groups in total. The average molecular weight is 852 g/mol. The third kappa shape index (κ3) is 8.74. The van der Waals surface area contributed by atoms with Crippen molar-refractivity contribution in [2.45, 2.75) is 70.5 Å². The van der Waals surface area contributed by atoms with E-state index in [0.29, 0.717) is 28.2 Å². The van der Waals surface area contributed by atoms with E-state index in [2.05, 4.69) is 20.8 Å². The molecular formula is C46H47F6NO6Si. The zero-order valence-electron chi connectivity index (χ0n) is 33.5. The van der Waals surface area contributed by atoms with Gasteiger partial charge in [0.1, 0.15) is 5.75 Å². The van der Waals surface area contributed by atoms with Gasteiger partial charge >= 0.3 is 12.4 Å². The van der Waals surface area contributed by atoms with E-state index in [9.17, 15) is 51.3 Å². The van der Waals surface area contributed by atoms with Gasteiger partial charge < -0.3 is 19.7 Å². The monoisotopic (exact) mass is 851 g/mol. The molecule has 4 aromatic rings. The van der Waals surface area contributed by atoms with Crippen molar-refractivity contribution in [1.29, 1.82) is 0 Å². The topological polar surface area (TPSA) is 107 Å². The standard InChI is InChI=1S/C46H47F6NO6Si/c1-28(21-29-13-11-12-18-38(29)55)19-20-39(56)40-30(27-59-60(44(2,3)4,34-14-7-5-8-15-34)35-16-9-6-10-17-35)22-36-41(37(40)26-54)43(58)53(42(36)57)33-24-31(45(47,48)49)23-32(25-33)46(50,51)52/h5-18,21,23-25,36-37,39,41,54-56H,19-20,22,26-27H2,1-4H3/b28-21+/t36-,37+,39-,41-/m1/s1. The van der Waals surface area contributed by atoms with Gasteiger partial charge in [-0.1, -0.05) is 111 Å². The molecule has 0 unspecified atom stereocenters. The molecule has 6 rings (SSSR count). The van der Waals surface area contributed by atoms with E-state index in [0.717, 1.165) is 15.9 Å². The number of rotatable bonds is 12. The van der Waals surface area contributed by atoms with E-state index < -0.39 is 84.8 Å². The highest BCUT2D eigenvalue weighted by Gasteiger charge is 2.57. The van der Waals surface area contributed by atoms with Gasteiger partial charge in [0.2, 0.25) is 11.8 Å². The molecule has 0 bridgehead atoms. The summed E-state index contributed by atoms with van der Waals surface area (Å²) in [7, 11) is -3.28. The number of carbonyl (C=O) groups excluding carboxylic acids is 2. The number of hydrogen-bond acceptors (Lipinski definition) is 6. The van der Waals surface area contributed by atoms with E-state index in [4.69, 9.17) is 4.43 Å². The second-order valence-electron chi connectivity index (χ2n) is 16.5. The van der Waals surface area contributed by atoms with Crippen molar-refractivity contribution in [3.63, 3.8) is 0 Å². The Morgan fingerprint density at radius 2 is 1.37 bits per heavy atom. The zero-order valence-corrected chi connectivity index (χ0v) is 34.5. The number of aliphatic hydroxyl groups excluding tert-OH is 2. The lowest BCUT2D eigenvalue weighted by molar-refractivity contribution is -0.143. The number of aromatic hydroxyl groups is 1. The van der Waals surface area contributed by atoms with Crippen LogP contribution in [0.2, 0.25) is 5.04 Å². The summed E-state index contributed by atoms with van der Waals surface area (Å²) in [5, 5.41) is 34.8.